The van der Waals surface area contributed by atoms with Crippen molar-refractivity contribution in [1.29, 1.82) is 0 Å². The second-order valence-corrected chi connectivity index (χ2v) is 5.83. The number of benzene rings is 1. The lowest BCUT2D eigenvalue weighted by Gasteiger charge is -2.21. The maximum Gasteiger partial charge on any atom is 0.303 e. The molecule has 8 heteroatoms. The van der Waals surface area contributed by atoms with Crippen molar-refractivity contribution in [1.82, 2.24) is 20.3 Å². The van der Waals surface area contributed by atoms with E-state index in [4.69, 9.17) is 5.11 Å². The number of rotatable bonds is 7. The van der Waals surface area contributed by atoms with E-state index in [1.54, 1.807) is 24.3 Å². The molecular formula is C16H20N4O4. The first kappa shape index (κ1) is 17.6. The lowest BCUT2D eigenvalue weighted by Crippen LogP contribution is -2.41. The Bertz CT molecular complexity index is 800. The molecule has 8 nitrogen and oxygen atoms in total. The number of carbonyl (C=O) groups excluding carboxylic acids is 1. The van der Waals surface area contributed by atoms with Crippen molar-refractivity contribution in [3.63, 3.8) is 0 Å². The lowest BCUT2D eigenvalue weighted by molar-refractivity contribution is -0.137. The van der Waals surface area contributed by atoms with Crippen LogP contribution in [0.25, 0.3) is 10.9 Å². The van der Waals surface area contributed by atoms with E-state index >= 15 is 0 Å². The van der Waals surface area contributed by atoms with Gasteiger partial charge >= 0.3 is 5.97 Å². The van der Waals surface area contributed by atoms with Crippen molar-refractivity contribution in [2.45, 2.75) is 32.7 Å². The number of fused-ring (bicyclic) bond motifs is 1. The predicted octanol–water partition coefficient (Wildman–Crippen LogP) is 0.970. The molecule has 1 aromatic heterocycles. The highest BCUT2D eigenvalue weighted by Crippen LogP contribution is 2.16. The summed E-state index contributed by atoms with van der Waals surface area (Å²) in [7, 11) is 0. The zero-order chi connectivity index (χ0) is 17.7. The Labute approximate surface area is 138 Å². The lowest BCUT2D eigenvalue weighted by atomic mass is 10.0. The molecule has 2 N–H and O–H groups in total. The summed E-state index contributed by atoms with van der Waals surface area (Å²) in [6.07, 6.45) is 0.298. The molecule has 1 unspecified atom stereocenters. The maximum absolute atomic E-state index is 12.6. The molecule has 1 amide bonds. The smallest absolute Gasteiger partial charge is 0.303 e. The Morgan fingerprint density at radius 1 is 1.29 bits per heavy atom. The summed E-state index contributed by atoms with van der Waals surface area (Å²) in [5.74, 6) is -1.47. The topological polar surface area (TPSA) is 114 Å². The Morgan fingerprint density at radius 2 is 2.00 bits per heavy atom. The third-order valence-electron chi connectivity index (χ3n) is 3.62. The van der Waals surface area contributed by atoms with E-state index in [1.165, 1.54) is 0 Å². The van der Waals surface area contributed by atoms with Crippen LogP contribution < -0.4 is 10.9 Å². The molecule has 128 valence electrons. The quantitative estimate of drug-likeness (QED) is 0.730. The van der Waals surface area contributed by atoms with Crippen molar-refractivity contribution in [3.8, 4) is 0 Å². The second-order valence-electron chi connectivity index (χ2n) is 5.83. The number of nitrogens with one attached hydrogen (secondary N) is 1. The Kier molecular flexibility index (Phi) is 5.62. The Hall–Kier alpha value is -2.77. The van der Waals surface area contributed by atoms with Crippen LogP contribution >= 0.6 is 0 Å². The van der Waals surface area contributed by atoms with Gasteiger partial charge in [0.2, 0.25) is 5.91 Å². The molecule has 24 heavy (non-hydrogen) atoms. The van der Waals surface area contributed by atoms with Crippen LogP contribution in [0.3, 0.4) is 0 Å². The average molecular weight is 332 g/mol. The van der Waals surface area contributed by atoms with Gasteiger partial charge in [-0.15, -0.1) is 5.10 Å². The molecule has 0 saturated heterocycles. The van der Waals surface area contributed by atoms with E-state index in [1.807, 2.05) is 13.8 Å². The van der Waals surface area contributed by atoms with Gasteiger partial charge in [-0.3, -0.25) is 14.4 Å². The van der Waals surface area contributed by atoms with Gasteiger partial charge in [-0.1, -0.05) is 31.2 Å². The van der Waals surface area contributed by atoms with Gasteiger partial charge in [0.15, 0.2) is 0 Å². The van der Waals surface area contributed by atoms with E-state index < -0.39 is 12.0 Å². The molecule has 1 atom stereocenters. The van der Waals surface area contributed by atoms with Crippen LogP contribution in [0.5, 0.6) is 0 Å². The SMILES string of the molecule is CC(C)C(C(=O)NCCCC(=O)O)n1nnc2ccccc2c1=O. The minimum absolute atomic E-state index is 0.0254. The van der Waals surface area contributed by atoms with Crippen LogP contribution in [0.2, 0.25) is 0 Å². The summed E-state index contributed by atoms with van der Waals surface area (Å²) in [5.41, 5.74) is 0.100. The van der Waals surface area contributed by atoms with Gasteiger partial charge in [0.1, 0.15) is 11.6 Å². The molecule has 0 aliphatic rings. The van der Waals surface area contributed by atoms with Crippen molar-refractivity contribution in [2.24, 2.45) is 5.92 Å². The van der Waals surface area contributed by atoms with E-state index in [2.05, 4.69) is 15.6 Å². The summed E-state index contributed by atoms with van der Waals surface area (Å²) in [5, 5.41) is 19.6. The van der Waals surface area contributed by atoms with Crippen LogP contribution in [0.15, 0.2) is 29.1 Å². The summed E-state index contributed by atoms with van der Waals surface area (Å²) in [6.45, 7) is 3.85. The van der Waals surface area contributed by atoms with E-state index in [0.29, 0.717) is 17.3 Å². The van der Waals surface area contributed by atoms with Gasteiger partial charge in [-0.2, -0.15) is 4.68 Å². The van der Waals surface area contributed by atoms with Crippen molar-refractivity contribution >= 4 is 22.8 Å². The number of amides is 1. The minimum Gasteiger partial charge on any atom is -0.481 e. The minimum atomic E-state index is -0.915. The van der Waals surface area contributed by atoms with Gasteiger partial charge in [-0.25, -0.2) is 0 Å². The molecule has 1 heterocycles. The van der Waals surface area contributed by atoms with Crippen molar-refractivity contribution in [2.75, 3.05) is 6.54 Å². The molecule has 0 spiro atoms. The number of nitrogens with zero attached hydrogens (tertiary/aromatic N) is 3. The van der Waals surface area contributed by atoms with Crippen LogP contribution in [0, 0.1) is 5.92 Å². The molecule has 2 rings (SSSR count). The number of hydrogen-bond acceptors (Lipinski definition) is 5. The zero-order valence-electron chi connectivity index (χ0n) is 13.6. The van der Waals surface area contributed by atoms with Crippen molar-refractivity contribution < 1.29 is 14.7 Å². The summed E-state index contributed by atoms with van der Waals surface area (Å²) < 4.78 is 1.10. The molecule has 0 aliphatic heterocycles. The fraction of sp³-hybridized carbons (Fsp3) is 0.438. The third kappa shape index (κ3) is 3.95. The van der Waals surface area contributed by atoms with Gasteiger partial charge in [0.05, 0.1) is 5.39 Å². The number of hydrogen-bond donors (Lipinski definition) is 2. The fourth-order valence-corrected chi connectivity index (χ4v) is 2.44. The standard InChI is InChI=1S/C16H20N4O4/c1-10(2)14(15(23)17-9-5-8-13(21)22)20-16(24)11-6-3-4-7-12(11)18-19-20/h3-4,6-7,10,14H,5,8-9H2,1-2H3,(H,17,23)(H,21,22). The van der Waals surface area contributed by atoms with Gasteiger partial charge in [-0.05, 0) is 24.5 Å². The first-order valence-corrected chi connectivity index (χ1v) is 7.75. The number of carbonyl (C=O) groups is 2. The molecular weight excluding hydrogens is 312 g/mol. The van der Waals surface area contributed by atoms with E-state index in [-0.39, 0.29) is 30.3 Å². The van der Waals surface area contributed by atoms with Gasteiger partial charge < -0.3 is 10.4 Å². The zero-order valence-corrected chi connectivity index (χ0v) is 13.6. The second kappa shape index (κ2) is 7.67. The Balaban J connectivity index is 2.24. The van der Waals surface area contributed by atoms with Crippen LogP contribution in [0.4, 0.5) is 0 Å². The third-order valence-corrected chi connectivity index (χ3v) is 3.62. The molecule has 0 bridgehead atoms. The highest BCUT2D eigenvalue weighted by Gasteiger charge is 2.27. The Morgan fingerprint density at radius 3 is 2.67 bits per heavy atom. The van der Waals surface area contributed by atoms with Crippen LogP contribution in [-0.2, 0) is 9.59 Å². The van der Waals surface area contributed by atoms with Gasteiger partial charge in [0, 0.05) is 13.0 Å². The van der Waals surface area contributed by atoms with E-state index in [9.17, 15) is 14.4 Å². The van der Waals surface area contributed by atoms with Crippen LogP contribution in [-0.4, -0.2) is 38.5 Å². The largest absolute Gasteiger partial charge is 0.481 e. The first-order chi connectivity index (χ1) is 11.4. The first-order valence-electron chi connectivity index (χ1n) is 7.75. The molecule has 0 fully saturated rings. The maximum atomic E-state index is 12.6. The molecule has 0 saturated carbocycles. The number of carboxylic acids is 1. The fourth-order valence-electron chi connectivity index (χ4n) is 2.44. The van der Waals surface area contributed by atoms with E-state index in [0.717, 1.165) is 4.68 Å². The monoisotopic (exact) mass is 332 g/mol. The predicted molar refractivity (Wildman–Crippen MR) is 87.6 cm³/mol. The van der Waals surface area contributed by atoms with Gasteiger partial charge in [0.25, 0.3) is 5.56 Å². The summed E-state index contributed by atoms with van der Waals surface area (Å²) in [6, 6.07) is 6.01. The molecule has 0 radical (unpaired) electrons. The molecule has 0 aliphatic carbocycles. The summed E-state index contributed by atoms with van der Waals surface area (Å²) >= 11 is 0. The van der Waals surface area contributed by atoms with Crippen molar-refractivity contribution in [3.05, 3.63) is 34.6 Å². The average Bonchev–Trinajstić information content (AvgIpc) is 2.54. The molecule has 1 aromatic carbocycles. The number of aromatic nitrogens is 3. The number of carboxylic acid groups (broad SMARTS) is 1. The van der Waals surface area contributed by atoms with Crippen LogP contribution in [0.1, 0.15) is 32.7 Å². The normalized spacial score (nSPS) is 12.3. The highest BCUT2D eigenvalue weighted by molar-refractivity contribution is 5.81. The highest BCUT2D eigenvalue weighted by atomic mass is 16.4. The molecule has 2 aromatic rings. The summed E-state index contributed by atoms with van der Waals surface area (Å²) in [4.78, 5) is 35.5. The number of aliphatic carboxylic acids is 1.